The number of nitrogen functional groups attached to an aromatic ring is 1. The molecule has 1 aromatic rings. The fraction of sp³-hybridized carbons (Fsp3) is 0.533. The second kappa shape index (κ2) is 6.06. The zero-order valence-electron chi connectivity index (χ0n) is 11.9. The number of hydrogen-bond donors (Lipinski definition) is 1. The number of carbonyl (C=O) groups excluding carboxylic acids is 1. The lowest BCUT2D eigenvalue weighted by atomic mass is 10.1. The first-order valence-corrected chi connectivity index (χ1v) is 6.99. The molecular formula is C15H23N3O. The maximum atomic E-state index is 12.5. The van der Waals surface area contributed by atoms with Crippen molar-refractivity contribution in [3.8, 4) is 0 Å². The molecule has 1 aromatic carbocycles. The van der Waals surface area contributed by atoms with E-state index in [0.29, 0.717) is 5.69 Å². The van der Waals surface area contributed by atoms with Crippen LogP contribution in [0, 0.1) is 6.92 Å². The molecule has 0 bridgehead atoms. The average molecular weight is 261 g/mol. The van der Waals surface area contributed by atoms with Crippen molar-refractivity contribution in [2.45, 2.75) is 20.3 Å². The summed E-state index contributed by atoms with van der Waals surface area (Å²) in [5.74, 6) is 0.112. The number of benzene rings is 1. The predicted octanol–water partition coefficient (Wildman–Crippen LogP) is 1.75. The number of piperazine rings is 1. The minimum Gasteiger partial charge on any atom is -0.399 e. The normalized spacial score (nSPS) is 16.6. The van der Waals surface area contributed by atoms with Crippen LogP contribution in [-0.2, 0) is 0 Å². The smallest absolute Gasteiger partial charge is 0.254 e. The third-order valence-corrected chi connectivity index (χ3v) is 3.69. The van der Waals surface area contributed by atoms with Gasteiger partial charge < -0.3 is 10.6 Å². The summed E-state index contributed by atoms with van der Waals surface area (Å²) in [7, 11) is 0. The Hall–Kier alpha value is -1.55. The number of hydrogen-bond acceptors (Lipinski definition) is 3. The van der Waals surface area contributed by atoms with Gasteiger partial charge in [-0.3, -0.25) is 9.69 Å². The van der Waals surface area contributed by atoms with E-state index in [1.807, 2.05) is 24.0 Å². The van der Waals surface area contributed by atoms with Gasteiger partial charge in [-0.25, -0.2) is 0 Å². The summed E-state index contributed by atoms with van der Waals surface area (Å²) in [6.07, 6.45) is 1.17. The van der Waals surface area contributed by atoms with Crippen molar-refractivity contribution in [3.63, 3.8) is 0 Å². The van der Waals surface area contributed by atoms with Gasteiger partial charge in [-0.05, 0) is 37.6 Å². The molecule has 4 heteroatoms. The minimum atomic E-state index is 0.112. The third-order valence-electron chi connectivity index (χ3n) is 3.69. The van der Waals surface area contributed by atoms with Gasteiger partial charge in [0.1, 0.15) is 0 Å². The Bertz CT molecular complexity index is 451. The Labute approximate surface area is 115 Å². The number of anilines is 1. The Morgan fingerprint density at radius 3 is 2.58 bits per heavy atom. The molecule has 0 atom stereocenters. The molecule has 1 amide bonds. The van der Waals surface area contributed by atoms with E-state index in [4.69, 9.17) is 5.73 Å². The molecule has 1 aliphatic rings. The maximum Gasteiger partial charge on any atom is 0.254 e. The Morgan fingerprint density at radius 1 is 1.26 bits per heavy atom. The zero-order chi connectivity index (χ0) is 13.8. The highest BCUT2D eigenvalue weighted by atomic mass is 16.2. The van der Waals surface area contributed by atoms with Crippen molar-refractivity contribution in [2.24, 2.45) is 0 Å². The standard InChI is InChI=1S/C15H23N3O/c1-3-6-17-7-9-18(10-8-17)15(19)14-11-13(16)5-4-12(14)2/h4-5,11H,3,6-10,16H2,1-2H3. The molecule has 2 rings (SSSR count). The number of rotatable bonds is 3. The molecule has 0 unspecified atom stereocenters. The minimum absolute atomic E-state index is 0.112. The van der Waals surface area contributed by atoms with Crippen LogP contribution in [0.15, 0.2) is 18.2 Å². The molecule has 0 aliphatic carbocycles. The zero-order valence-corrected chi connectivity index (χ0v) is 11.9. The van der Waals surface area contributed by atoms with Crippen LogP contribution in [0.1, 0.15) is 29.3 Å². The summed E-state index contributed by atoms with van der Waals surface area (Å²) in [4.78, 5) is 16.8. The number of nitrogens with two attached hydrogens (primary N) is 1. The third kappa shape index (κ3) is 3.26. The first-order chi connectivity index (χ1) is 9.11. The Morgan fingerprint density at radius 2 is 1.95 bits per heavy atom. The van der Waals surface area contributed by atoms with E-state index in [-0.39, 0.29) is 5.91 Å². The van der Waals surface area contributed by atoms with Crippen LogP contribution < -0.4 is 5.73 Å². The SMILES string of the molecule is CCCN1CCN(C(=O)c2cc(N)ccc2C)CC1. The highest BCUT2D eigenvalue weighted by Gasteiger charge is 2.22. The Kier molecular flexibility index (Phi) is 4.43. The van der Waals surface area contributed by atoms with Crippen LogP contribution >= 0.6 is 0 Å². The quantitative estimate of drug-likeness (QED) is 0.843. The molecule has 2 N–H and O–H groups in total. The van der Waals surface area contributed by atoms with Crippen molar-refractivity contribution in [1.29, 1.82) is 0 Å². The Balaban J connectivity index is 2.03. The van der Waals surface area contributed by atoms with E-state index in [0.717, 1.165) is 43.9 Å². The van der Waals surface area contributed by atoms with Gasteiger partial charge in [-0.2, -0.15) is 0 Å². The number of amides is 1. The van der Waals surface area contributed by atoms with E-state index in [9.17, 15) is 4.79 Å². The molecule has 104 valence electrons. The number of carbonyl (C=O) groups is 1. The second-order valence-electron chi connectivity index (χ2n) is 5.21. The van der Waals surface area contributed by atoms with Crippen molar-refractivity contribution in [1.82, 2.24) is 9.80 Å². The molecule has 0 aromatic heterocycles. The fourth-order valence-corrected chi connectivity index (χ4v) is 2.53. The molecule has 1 saturated heterocycles. The van der Waals surface area contributed by atoms with Gasteiger partial charge in [-0.1, -0.05) is 13.0 Å². The molecule has 0 saturated carbocycles. The first-order valence-electron chi connectivity index (χ1n) is 6.99. The molecule has 1 aliphatic heterocycles. The van der Waals surface area contributed by atoms with Crippen LogP contribution in [0.4, 0.5) is 5.69 Å². The van der Waals surface area contributed by atoms with Crippen LogP contribution in [0.5, 0.6) is 0 Å². The topological polar surface area (TPSA) is 49.6 Å². The highest BCUT2D eigenvalue weighted by molar-refractivity contribution is 5.96. The number of nitrogens with zero attached hydrogens (tertiary/aromatic N) is 2. The van der Waals surface area contributed by atoms with Gasteiger partial charge in [0.2, 0.25) is 0 Å². The first kappa shape index (κ1) is 13.9. The van der Waals surface area contributed by atoms with Crippen molar-refractivity contribution in [2.75, 3.05) is 38.5 Å². The van der Waals surface area contributed by atoms with Gasteiger partial charge in [0.15, 0.2) is 0 Å². The van der Waals surface area contributed by atoms with Crippen LogP contribution in [-0.4, -0.2) is 48.4 Å². The maximum absolute atomic E-state index is 12.5. The van der Waals surface area contributed by atoms with Gasteiger partial charge in [0.25, 0.3) is 5.91 Å². The highest BCUT2D eigenvalue weighted by Crippen LogP contribution is 2.16. The van der Waals surface area contributed by atoms with Gasteiger partial charge in [-0.15, -0.1) is 0 Å². The van der Waals surface area contributed by atoms with Gasteiger partial charge in [0.05, 0.1) is 0 Å². The van der Waals surface area contributed by atoms with Gasteiger partial charge >= 0.3 is 0 Å². The lowest BCUT2D eigenvalue weighted by Crippen LogP contribution is -2.48. The largest absolute Gasteiger partial charge is 0.399 e. The fourth-order valence-electron chi connectivity index (χ4n) is 2.53. The van der Waals surface area contributed by atoms with Gasteiger partial charge in [0, 0.05) is 37.4 Å². The van der Waals surface area contributed by atoms with Crippen LogP contribution in [0.2, 0.25) is 0 Å². The van der Waals surface area contributed by atoms with E-state index in [1.54, 1.807) is 6.07 Å². The average Bonchev–Trinajstić information content (AvgIpc) is 2.42. The van der Waals surface area contributed by atoms with Crippen molar-refractivity contribution in [3.05, 3.63) is 29.3 Å². The van der Waals surface area contributed by atoms with Crippen LogP contribution in [0.25, 0.3) is 0 Å². The van der Waals surface area contributed by atoms with Crippen LogP contribution in [0.3, 0.4) is 0 Å². The molecule has 1 heterocycles. The summed E-state index contributed by atoms with van der Waals surface area (Å²) < 4.78 is 0. The molecule has 1 fully saturated rings. The van der Waals surface area contributed by atoms with E-state index in [1.165, 1.54) is 6.42 Å². The van der Waals surface area contributed by atoms with E-state index >= 15 is 0 Å². The monoisotopic (exact) mass is 261 g/mol. The van der Waals surface area contributed by atoms with E-state index in [2.05, 4.69) is 11.8 Å². The molecule has 4 nitrogen and oxygen atoms in total. The molecule has 0 spiro atoms. The second-order valence-corrected chi connectivity index (χ2v) is 5.21. The molecule has 0 radical (unpaired) electrons. The number of aryl methyl sites for hydroxylation is 1. The molecular weight excluding hydrogens is 238 g/mol. The van der Waals surface area contributed by atoms with E-state index < -0.39 is 0 Å². The lowest BCUT2D eigenvalue weighted by molar-refractivity contribution is 0.0637. The summed E-state index contributed by atoms with van der Waals surface area (Å²) in [6.45, 7) is 8.84. The molecule has 19 heavy (non-hydrogen) atoms. The summed E-state index contributed by atoms with van der Waals surface area (Å²) in [5.41, 5.74) is 8.16. The summed E-state index contributed by atoms with van der Waals surface area (Å²) in [6, 6.07) is 5.54. The summed E-state index contributed by atoms with van der Waals surface area (Å²) >= 11 is 0. The summed E-state index contributed by atoms with van der Waals surface area (Å²) in [5, 5.41) is 0. The predicted molar refractivity (Wildman–Crippen MR) is 78.2 cm³/mol. The lowest BCUT2D eigenvalue weighted by Gasteiger charge is -2.34. The van der Waals surface area contributed by atoms with Crippen molar-refractivity contribution >= 4 is 11.6 Å². The van der Waals surface area contributed by atoms with Crippen molar-refractivity contribution < 1.29 is 4.79 Å².